The standard InChI is InChI=1S/C18H26ClN3O3S/c1-4-26(24,25)22-7-5-12(6-8-22)18(2,3)17(23)14-9-13(19)10-16-15(14)11-20-21-16/h9-12,17,23H,4-8H2,1-3H3,(H,20,21)/t17-/m0/s1. The van der Waals surface area contributed by atoms with Crippen LogP contribution in [-0.4, -0.2) is 46.9 Å². The second-order valence-corrected chi connectivity index (χ2v) is 10.3. The fourth-order valence-electron chi connectivity index (χ4n) is 3.95. The number of hydrogen-bond donors (Lipinski definition) is 2. The lowest BCUT2D eigenvalue weighted by Gasteiger charge is -2.43. The van der Waals surface area contributed by atoms with Gasteiger partial charge in [-0.1, -0.05) is 25.4 Å². The lowest BCUT2D eigenvalue weighted by molar-refractivity contribution is -0.0112. The van der Waals surface area contributed by atoms with Crippen molar-refractivity contribution in [1.29, 1.82) is 0 Å². The number of benzene rings is 1. The van der Waals surface area contributed by atoms with E-state index >= 15 is 0 Å². The zero-order valence-corrected chi connectivity index (χ0v) is 16.9. The summed E-state index contributed by atoms with van der Waals surface area (Å²) < 4.78 is 25.7. The van der Waals surface area contributed by atoms with Crippen molar-refractivity contribution >= 4 is 32.5 Å². The quantitative estimate of drug-likeness (QED) is 0.807. The highest BCUT2D eigenvalue weighted by atomic mass is 35.5. The van der Waals surface area contributed by atoms with Crippen LogP contribution in [0.5, 0.6) is 0 Å². The molecule has 0 radical (unpaired) electrons. The second kappa shape index (κ2) is 7.11. The molecule has 0 saturated carbocycles. The Kier molecular flexibility index (Phi) is 5.36. The summed E-state index contributed by atoms with van der Waals surface area (Å²) in [4.78, 5) is 0. The average molecular weight is 400 g/mol. The van der Waals surface area contributed by atoms with Gasteiger partial charge in [0.15, 0.2) is 0 Å². The van der Waals surface area contributed by atoms with E-state index in [0.29, 0.717) is 18.1 Å². The van der Waals surface area contributed by atoms with Crippen molar-refractivity contribution in [2.45, 2.75) is 39.7 Å². The Bertz CT molecular complexity index is 886. The summed E-state index contributed by atoms with van der Waals surface area (Å²) in [6.45, 7) is 6.77. The van der Waals surface area contributed by atoms with E-state index in [0.717, 1.165) is 29.3 Å². The maximum absolute atomic E-state index is 12.1. The normalized spacial score (nSPS) is 19.1. The molecule has 144 valence electrons. The van der Waals surface area contributed by atoms with E-state index in [1.807, 2.05) is 13.8 Å². The Balaban J connectivity index is 1.83. The third-order valence-corrected chi connectivity index (χ3v) is 7.92. The molecule has 0 aliphatic carbocycles. The molecule has 3 rings (SSSR count). The molecule has 0 spiro atoms. The Morgan fingerprint density at radius 3 is 2.65 bits per heavy atom. The highest BCUT2D eigenvalue weighted by molar-refractivity contribution is 7.89. The first-order valence-corrected chi connectivity index (χ1v) is 10.9. The first-order valence-electron chi connectivity index (χ1n) is 8.95. The molecule has 6 nitrogen and oxygen atoms in total. The zero-order chi connectivity index (χ0) is 19.1. The number of nitrogens with one attached hydrogen (secondary N) is 1. The van der Waals surface area contributed by atoms with Crippen LogP contribution in [-0.2, 0) is 10.0 Å². The predicted molar refractivity (Wildman–Crippen MR) is 104 cm³/mol. The molecule has 1 atom stereocenters. The number of halogens is 1. The minimum Gasteiger partial charge on any atom is -0.388 e. The maximum Gasteiger partial charge on any atom is 0.213 e. The summed E-state index contributed by atoms with van der Waals surface area (Å²) in [7, 11) is -3.15. The topological polar surface area (TPSA) is 86.3 Å². The molecule has 2 heterocycles. The predicted octanol–water partition coefficient (Wildman–Crippen LogP) is 3.34. The van der Waals surface area contributed by atoms with E-state index in [2.05, 4.69) is 10.2 Å². The summed E-state index contributed by atoms with van der Waals surface area (Å²) >= 11 is 6.21. The molecule has 2 N–H and O–H groups in total. The van der Waals surface area contributed by atoms with Crippen molar-refractivity contribution in [3.63, 3.8) is 0 Å². The van der Waals surface area contributed by atoms with Gasteiger partial charge in [-0.15, -0.1) is 0 Å². The largest absolute Gasteiger partial charge is 0.388 e. The van der Waals surface area contributed by atoms with Crippen LogP contribution in [0.3, 0.4) is 0 Å². The van der Waals surface area contributed by atoms with Crippen molar-refractivity contribution in [3.05, 3.63) is 28.9 Å². The smallest absolute Gasteiger partial charge is 0.213 e. The van der Waals surface area contributed by atoms with Gasteiger partial charge in [-0.25, -0.2) is 12.7 Å². The monoisotopic (exact) mass is 399 g/mol. The fourth-order valence-corrected chi connectivity index (χ4v) is 5.31. The molecule has 1 aliphatic rings. The van der Waals surface area contributed by atoms with Gasteiger partial charge in [0, 0.05) is 23.5 Å². The van der Waals surface area contributed by atoms with Crippen LogP contribution in [0.15, 0.2) is 18.3 Å². The number of aliphatic hydroxyl groups is 1. The number of H-pyrrole nitrogens is 1. The Hall–Kier alpha value is -1.15. The molecular formula is C18H26ClN3O3S. The van der Waals surface area contributed by atoms with Gasteiger partial charge in [-0.05, 0) is 48.8 Å². The van der Waals surface area contributed by atoms with E-state index in [1.165, 1.54) is 0 Å². The molecule has 2 aromatic rings. The lowest BCUT2D eigenvalue weighted by atomic mass is 9.68. The molecule has 1 fully saturated rings. The number of aliphatic hydroxyl groups excluding tert-OH is 1. The van der Waals surface area contributed by atoms with Crippen molar-refractivity contribution in [2.75, 3.05) is 18.8 Å². The van der Waals surface area contributed by atoms with E-state index in [4.69, 9.17) is 11.6 Å². The van der Waals surface area contributed by atoms with Crippen molar-refractivity contribution < 1.29 is 13.5 Å². The van der Waals surface area contributed by atoms with Crippen LogP contribution in [0.2, 0.25) is 5.02 Å². The van der Waals surface area contributed by atoms with Gasteiger partial charge >= 0.3 is 0 Å². The Morgan fingerprint density at radius 1 is 1.38 bits per heavy atom. The SMILES string of the molecule is CCS(=O)(=O)N1CCC(C(C)(C)[C@@H](O)c2cc(Cl)cc3[nH]ncc23)CC1. The van der Waals surface area contributed by atoms with Crippen LogP contribution in [0.1, 0.15) is 45.3 Å². The average Bonchev–Trinajstić information content (AvgIpc) is 3.08. The summed E-state index contributed by atoms with van der Waals surface area (Å²) in [6.07, 6.45) is 2.45. The molecule has 0 bridgehead atoms. The van der Waals surface area contributed by atoms with Crippen LogP contribution >= 0.6 is 11.6 Å². The van der Waals surface area contributed by atoms with Gasteiger partial charge in [0.25, 0.3) is 0 Å². The first kappa shape index (κ1) is 19.6. The summed E-state index contributed by atoms with van der Waals surface area (Å²) in [5.74, 6) is 0.340. The number of sulfonamides is 1. The van der Waals surface area contributed by atoms with E-state index in [-0.39, 0.29) is 11.7 Å². The number of rotatable bonds is 5. The molecule has 26 heavy (non-hydrogen) atoms. The van der Waals surface area contributed by atoms with Gasteiger partial charge in [0.05, 0.1) is 23.6 Å². The van der Waals surface area contributed by atoms with E-state index in [9.17, 15) is 13.5 Å². The Labute approximate surface area is 159 Å². The molecule has 0 amide bonds. The fraction of sp³-hybridized carbons (Fsp3) is 0.611. The number of hydrogen-bond acceptors (Lipinski definition) is 4. The Morgan fingerprint density at radius 2 is 2.04 bits per heavy atom. The van der Waals surface area contributed by atoms with Crippen LogP contribution in [0, 0.1) is 11.3 Å². The van der Waals surface area contributed by atoms with Crippen LogP contribution < -0.4 is 0 Å². The molecule has 1 aromatic heterocycles. The molecule has 1 saturated heterocycles. The third kappa shape index (κ3) is 3.50. The maximum atomic E-state index is 12.1. The van der Waals surface area contributed by atoms with Crippen molar-refractivity contribution in [2.24, 2.45) is 11.3 Å². The zero-order valence-electron chi connectivity index (χ0n) is 15.4. The number of nitrogens with zero attached hydrogens (tertiary/aromatic N) is 2. The number of aromatic nitrogens is 2. The molecule has 8 heteroatoms. The van der Waals surface area contributed by atoms with Gasteiger partial charge in [0.1, 0.15) is 0 Å². The first-order chi connectivity index (χ1) is 12.2. The van der Waals surface area contributed by atoms with Crippen LogP contribution in [0.4, 0.5) is 0 Å². The van der Waals surface area contributed by atoms with Crippen LogP contribution in [0.25, 0.3) is 10.9 Å². The van der Waals surface area contributed by atoms with E-state index < -0.39 is 21.5 Å². The van der Waals surface area contributed by atoms with Gasteiger partial charge < -0.3 is 5.11 Å². The highest BCUT2D eigenvalue weighted by Gasteiger charge is 2.41. The van der Waals surface area contributed by atoms with Gasteiger partial charge in [-0.3, -0.25) is 5.10 Å². The van der Waals surface area contributed by atoms with Gasteiger partial charge in [-0.2, -0.15) is 5.10 Å². The highest BCUT2D eigenvalue weighted by Crippen LogP contribution is 2.46. The van der Waals surface area contributed by atoms with Gasteiger partial charge in [0.2, 0.25) is 10.0 Å². The molecule has 1 aromatic carbocycles. The summed E-state index contributed by atoms with van der Waals surface area (Å²) in [5, 5.41) is 19.5. The molecule has 0 unspecified atom stereocenters. The van der Waals surface area contributed by atoms with Crippen molar-refractivity contribution in [1.82, 2.24) is 14.5 Å². The van der Waals surface area contributed by atoms with E-state index in [1.54, 1.807) is 29.6 Å². The number of aromatic amines is 1. The van der Waals surface area contributed by atoms with Crippen molar-refractivity contribution in [3.8, 4) is 0 Å². The molecular weight excluding hydrogens is 374 g/mol. The second-order valence-electron chi connectivity index (χ2n) is 7.62. The number of fused-ring (bicyclic) bond motifs is 1. The molecule has 1 aliphatic heterocycles. The lowest BCUT2D eigenvalue weighted by Crippen LogP contribution is -2.44. The minimum absolute atomic E-state index is 0.130. The summed E-state index contributed by atoms with van der Waals surface area (Å²) in [5.41, 5.74) is 1.14. The minimum atomic E-state index is -3.15. The summed E-state index contributed by atoms with van der Waals surface area (Å²) in [6, 6.07) is 3.59. The third-order valence-electron chi connectivity index (χ3n) is 5.82. The number of piperidine rings is 1.